The Balaban J connectivity index is 0.000000804. The molecule has 0 spiro atoms. The van der Waals surface area contributed by atoms with Gasteiger partial charge in [-0.25, -0.2) is 4.98 Å². The van der Waals surface area contributed by atoms with E-state index in [1.807, 2.05) is 18.2 Å². The first kappa shape index (κ1) is 25.3. The predicted molar refractivity (Wildman–Crippen MR) is 114 cm³/mol. The van der Waals surface area contributed by atoms with E-state index in [-0.39, 0.29) is 0 Å². The SMILES string of the molecule is COc1cc(CNCCC(C)C)ccc1Oc1ccc(C(N)=O)cn1.CS(=O)(=O)O. The van der Waals surface area contributed by atoms with Crippen LogP contribution in [-0.4, -0.2) is 43.8 Å². The van der Waals surface area contributed by atoms with E-state index in [1.54, 1.807) is 19.2 Å². The Morgan fingerprint density at radius 1 is 1.23 bits per heavy atom. The third kappa shape index (κ3) is 10.7. The molecule has 0 radical (unpaired) electrons. The first-order valence-electron chi connectivity index (χ1n) is 9.23. The molecule has 166 valence electrons. The van der Waals surface area contributed by atoms with Crippen molar-refractivity contribution < 1.29 is 27.2 Å². The van der Waals surface area contributed by atoms with Crippen molar-refractivity contribution in [3.05, 3.63) is 47.7 Å². The highest BCUT2D eigenvalue weighted by Crippen LogP contribution is 2.31. The average molecular weight is 440 g/mol. The van der Waals surface area contributed by atoms with Gasteiger partial charge in [0.15, 0.2) is 11.5 Å². The van der Waals surface area contributed by atoms with Crippen LogP contribution in [0.15, 0.2) is 36.5 Å². The highest BCUT2D eigenvalue weighted by molar-refractivity contribution is 7.85. The molecule has 0 fully saturated rings. The van der Waals surface area contributed by atoms with Gasteiger partial charge in [-0.15, -0.1) is 0 Å². The number of nitrogens with two attached hydrogens (primary N) is 1. The van der Waals surface area contributed by atoms with Gasteiger partial charge in [-0.05, 0) is 42.6 Å². The molecule has 30 heavy (non-hydrogen) atoms. The van der Waals surface area contributed by atoms with Gasteiger partial charge in [0.2, 0.25) is 11.8 Å². The van der Waals surface area contributed by atoms with E-state index in [1.165, 1.54) is 6.20 Å². The molecule has 2 rings (SSSR count). The fourth-order valence-electron chi connectivity index (χ4n) is 2.23. The summed E-state index contributed by atoms with van der Waals surface area (Å²) in [6.45, 7) is 6.17. The highest BCUT2D eigenvalue weighted by Gasteiger charge is 2.09. The lowest BCUT2D eigenvalue weighted by Gasteiger charge is -2.12. The summed E-state index contributed by atoms with van der Waals surface area (Å²) in [5, 5.41) is 3.42. The van der Waals surface area contributed by atoms with Gasteiger partial charge >= 0.3 is 0 Å². The Morgan fingerprint density at radius 2 is 1.90 bits per heavy atom. The molecule has 0 aliphatic heterocycles. The van der Waals surface area contributed by atoms with Gasteiger partial charge in [-0.1, -0.05) is 19.9 Å². The van der Waals surface area contributed by atoms with E-state index in [9.17, 15) is 13.2 Å². The van der Waals surface area contributed by atoms with Crippen molar-refractivity contribution in [2.45, 2.75) is 26.8 Å². The molecule has 1 aromatic carbocycles. The Hall–Kier alpha value is -2.69. The standard InChI is InChI=1S/C19H25N3O3.CH4O3S/c1-13(2)8-9-21-11-14-4-6-16(17(10-14)24-3)25-18-7-5-15(12-22-18)19(20)23;1-5(2,3)4/h4-7,10,12-13,21H,8-9,11H2,1-3H3,(H2,20,23);1H3,(H,2,3,4). The molecule has 0 bridgehead atoms. The molecule has 1 aromatic heterocycles. The van der Waals surface area contributed by atoms with Gasteiger partial charge < -0.3 is 20.5 Å². The van der Waals surface area contributed by atoms with Crippen molar-refractivity contribution in [3.8, 4) is 17.4 Å². The second-order valence-corrected chi connectivity index (χ2v) is 8.39. The number of carbonyl (C=O) groups excluding carboxylic acids is 1. The maximum absolute atomic E-state index is 11.1. The summed E-state index contributed by atoms with van der Waals surface area (Å²) >= 11 is 0. The molecule has 2 aromatic rings. The summed E-state index contributed by atoms with van der Waals surface area (Å²) in [4.78, 5) is 15.1. The number of amides is 1. The van der Waals surface area contributed by atoms with Crippen LogP contribution in [0.5, 0.6) is 17.4 Å². The fraction of sp³-hybridized carbons (Fsp3) is 0.400. The van der Waals surface area contributed by atoms with Gasteiger partial charge in [0.1, 0.15) is 0 Å². The summed E-state index contributed by atoms with van der Waals surface area (Å²) in [5.74, 6) is 1.72. The van der Waals surface area contributed by atoms with Crippen LogP contribution in [0, 0.1) is 5.92 Å². The van der Waals surface area contributed by atoms with Crippen LogP contribution in [0.4, 0.5) is 0 Å². The van der Waals surface area contributed by atoms with Gasteiger partial charge in [-0.3, -0.25) is 9.35 Å². The minimum atomic E-state index is -3.67. The number of nitrogens with one attached hydrogen (secondary N) is 1. The molecular formula is C20H29N3O6S. The zero-order chi connectivity index (χ0) is 22.7. The monoisotopic (exact) mass is 439 g/mol. The van der Waals surface area contributed by atoms with Crippen molar-refractivity contribution in [2.75, 3.05) is 19.9 Å². The van der Waals surface area contributed by atoms with E-state index < -0.39 is 16.0 Å². The third-order valence-corrected chi connectivity index (χ3v) is 3.69. The lowest BCUT2D eigenvalue weighted by atomic mass is 10.1. The largest absolute Gasteiger partial charge is 0.493 e. The average Bonchev–Trinajstić information content (AvgIpc) is 2.65. The number of benzene rings is 1. The predicted octanol–water partition coefficient (Wildman–Crippen LogP) is 2.62. The minimum absolute atomic E-state index is 0.335. The molecule has 0 aliphatic rings. The minimum Gasteiger partial charge on any atom is -0.493 e. The fourth-order valence-corrected chi connectivity index (χ4v) is 2.23. The lowest BCUT2D eigenvalue weighted by Crippen LogP contribution is -2.16. The van der Waals surface area contributed by atoms with Crippen LogP contribution >= 0.6 is 0 Å². The van der Waals surface area contributed by atoms with Gasteiger partial charge in [0, 0.05) is 18.8 Å². The molecule has 0 saturated carbocycles. The first-order valence-corrected chi connectivity index (χ1v) is 11.1. The van der Waals surface area contributed by atoms with Crippen LogP contribution in [0.25, 0.3) is 0 Å². The quantitative estimate of drug-likeness (QED) is 0.400. The number of ether oxygens (including phenoxy) is 2. The van der Waals surface area contributed by atoms with Crippen LogP contribution < -0.4 is 20.5 Å². The molecule has 0 atom stereocenters. The number of primary amides is 1. The molecule has 0 unspecified atom stereocenters. The van der Waals surface area contributed by atoms with Gasteiger partial charge in [-0.2, -0.15) is 8.42 Å². The zero-order valence-corrected chi connectivity index (χ0v) is 18.4. The van der Waals surface area contributed by atoms with Crippen LogP contribution in [0.2, 0.25) is 0 Å². The van der Waals surface area contributed by atoms with E-state index in [2.05, 4.69) is 24.1 Å². The molecule has 0 aliphatic carbocycles. The molecule has 9 nitrogen and oxygen atoms in total. The summed E-state index contributed by atoms with van der Waals surface area (Å²) in [6.07, 6.45) is 3.25. The number of pyridine rings is 1. The second-order valence-electron chi connectivity index (χ2n) is 6.93. The number of methoxy groups -OCH3 is 1. The Kier molecular flexibility index (Phi) is 10.2. The maximum Gasteiger partial charge on any atom is 0.261 e. The van der Waals surface area contributed by atoms with Gasteiger partial charge in [0.25, 0.3) is 10.1 Å². The molecule has 1 amide bonds. The van der Waals surface area contributed by atoms with Crippen LogP contribution in [-0.2, 0) is 16.7 Å². The summed E-state index contributed by atoms with van der Waals surface area (Å²) < 4.78 is 37.0. The molecule has 4 N–H and O–H groups in total. The maximum atomic E-state index is 11.1. The van der Waals surface area contributed by atoms with Gasteiger partial charge in [0.05, 0.1) is 18.9 Å². The number of hydrogen-bond acceptors (Lipinski definition) is 7. The third-order valence-electron chi connectivity index (χ3n) is 3.69. The summed E-state index contributed by atoms with van der Waals surface area (Å²) in [6, 6.07) is 8.94. The van der Waals surface area contributed by atoms with Crippen LogP contribution in [0.1, 0.15) is 36.2 Å². The summed E-state index contributed by atoms with van der Waals surface area (Å²) in [7, 11) is -2.07. The van der Waals surface area contributed by atoms with Crippen molar-refractivity contribution in [1.29, 1.82) is 0 Å². The van der Waals surface area contributed by atoms with Crippen molar-refractivity contribution in [1.82, 2.24) is 10.3 Å². The smallest absolute Gasteiger partial charge is 0.261 e. The topological polar surface area (TPSA) is 141 Å². The van der Waals surface area contributed by atoms with E-state index in [0.29, 0.717) is 35.1 Å². The first-order chi connectivity index (χ1) is 14.0. The molecule has 1 heterocycles. The molecule has 10 heteroatoms. The van der Waals surface area contributed by atoms with Crippen molar-refractivity contribution in [2.24, 2.45) is 11.7 Å². The second kappa shape index (κ2) is 12.1. The number of carbonyl (C=O) groups is 1. The van der Waals surface area contributed by atoms with Crippen molar-refractivity contribution in [3.63, 3.8) is 0 Å². The zero-order valence-electron chi connectivity index (χ0n) is 17.6. The molecular weight excluding hydrogens is 410 g/mol. The lowest BCUT2D eigenvalue weighted by molar-refractivity contribution is 0.1000. The molecule has 0 saturated heterocycles. The van der Waals surface area contributed by atoms with Crippen LogP contribution in [0.3, 0.4) is 0 Å². The van der Waals surface area contributed by atoms with Crippen molar-refractivity contribution >= 4 is 16.0 Å². The Labute approximate surface area is 177 Å². The number of hydrogen-bond donors (Lipinski definition) is 3. The highest BCUT2D eigenvalue weighted by atomic mass is 32.2. The Morgan fingerprint density at radius 3 is 2.40 bits per heavy atom. The van der Waals surface area contributed by atoms with E-state index >= 15 is 0 Å². The summed E-state index contributed by atoms with van der Waals surface area (Å²) in [5.41, 5.74) is 6.65. The number of rotatable bonds is 9. The number of aromatic nitrogens is 1. The normalized spacial score (nSPS) is 10.9. The Bertz CT molecular complexity index is 907. The van der Waals surface area contributed by atoms with E-state index in [0.717, 1.165) is 25.1 Å². The van der Waals surface area contributed by atoms with E-state index in [4.69, 9.17) is 19.8 Å². The number of nitrogens with zero attached hydrogens (tertiary/aromatic N) is 1.